The van der Waals surface area contributed by atoms with Crippen molar-refractivity contribution >= 4 is 16.6 Å². The fourth-order valence-electron chi connectivity index (χ4n) is 3.20. The van der Waals surface area contributed by atoms with Crippen LogP contribution in [0, 0.1) is 5.92 Å². The van der Waals surface area contributed by atoms with Crippen molar-refractivity contribution in [3.63, 3.8) is 0 Å². The molecule has 2 aromatic rings. The van der Waals surface area contributed by atoms with E-state index in [1.165, 1.54) is 0 Å². The first-order chi connectivity index (χ1) is 10.1. The Kier molecular flexibility index (Phi) is 3.72. The van der Waals surface area contributed by atoms with Gasteiger partial charge in [0.15, 0.2) is 0 Å². The molecule has 1 heterocycles. The molecule has 1 aromatic carbocycles. The third kappa shape index (κ3) is 2.81. The number of anilines is 1. The largest absolute Gasteiger partial charge is 0.394 e. The van der Waals surface area contributed by atoms with Crippen molar-refractivity contribution in [1.29, 1.82) is 0 Å². The number of fused-ring (bicyclic) bond motifs is 1. The number of benzene rings is 1. The van der Waals surface area contributed by atoms with Gasteiger partial charge in [0.1, 0.15) is 5.82 Å². The Morgan fingerprint density at radius 3 is 2.76 bits per heavy atom. The fourth-order valence-corrected chi connectivity index (χ4v) is 3.20. The predicted octanol–water partition coefficient (Wildman–Crippen LogP) is 2.88. The van der Waals surface area contributed by atoms with Crippen molar-refractivity contribution in [2.75, 3.05) is 11.9 Å². The van der Waals surface area contributed by atoms with Crippen LogP contribution in [0.5, 0.6) is 0 Å². The zero-order valence-corrected chi connectivity index (χ0v) is 12.4. The minimum absolute atomic E-state index is 0.0899. The molecule has 1 aliphatic carbocycles. The Morgan fingerprint density at radius 2 is 2.05 bits per heavy atom. The molecule has 0 aliphatic heterocycles. The quantitative estimate of drug-likeness (QED) is 0.813. The van der Waals surface area contributed by atoms with Gasteiger partial charge in [-0.2, -0.15) is 0 Å². The normalized spacial score (nSPS) is 25.9. The van der Waals surface area contributed by atoms with E-state index in [1.807, 2.05) is 30.3 Å². The maximum Gasteiger partial charge on any atom is 0.257 e. The van der Waals surface area contributed by atoms with Gasteiger partial charge >= 0.3 is 0 Å². The summed E-state index contributed by atoms with van der Waals surface area (Å²) in [6.45, 7) is 2.34. The summed E-state index contributed by atoms with van der Waals surface area (Å²) in [6, 6.07) is 9.50. The van der Waals surface area contributed by atoms with Gasteiger partial charge in [-0.25, -0.2) is 0 Å². The summed E-state index contributed by atoms with van der Waals surface area (Å²) >= 11 is 0. The van der Waals surface area contributed by atoms with E-state index in [0.717, 1.165) is 31.1 Å². The molecule has 0 atom stereocenters. The van der Waals surface area contributed by atoms with Crippen molar-refractivity contribution in [2.24, 2.45) is 5.92 Å². The molecule has 21 heavy (non-hydrogen) atoms. The summed E-state index contributed by atoms with van der Waals surface area (Å²) in [5.74, 6) is 1.41. The second-order valence-electron chi connectivity index (χ2n) is 6.35. The van der Waals surface area contributed by atoms with Crippen LogP contribution >= 0.6 is 0 Å². The van der Waals surface area contributed by atoms with Crippen LogP contribution in [0.15, 0.2) is 35.1 Å². The molecule has 112 valence electrons. The molecule has 4 nitrogen and oxygen atoms in total. The molecule has 3 N–H and O–H groups in total. The zero-order valence-electron chi connectivity index (χ0n) is 12.4. The average molecular weight is 286 g/mol. The number of aliphatic hydroxyl groups excluding tert-OH is 1. The first kappa shape index (κ1) is 14.1. The van der Waals surface area contributed by atoms with Gasteiger partial charge in [0.2, 0.25) is 0 Å². The van der Waals surface area contributed by atoms with E-state index >= 15 is 0 Å². The summed E-state index contributed by atoms with van der Waals surface area (Å²) in [5.41, 5.74) is -0.398. The second-order valence-corrected chi connectivity index (χ2v) is 6.35. The molecule has 3 rings (SSSR count). The smallest absolute Gasteiger partial charge is 0.257 e. The summed E-state index contributed by atoms with van der Waals surface area (Å²) in [4.78, 5) is 15.0. The van der Waals surface area contributed by atoms with E-state index < -0.39 is 0 Å². The molecule has 1 aromatic heterocycles. The van der Waals surface area contributed by atoms with E-state index in [1.54, 1.807) is 0 Å². The average Bonchev–Trinajstić information content (AvgIpc) is 2.50. The Balaban J connectivity index is 1.92. The molecule has 1 saturated carbocycles. The number of H-pyrrole nitrogens is 1. The third-order valence-electron chi connectivity index (χ3n) is 4.69. The molecule has 4 heteroatoms. The van der Waals surface area contributed by atoms with Crippen molar-refractivity contribution in [3.05, 3.63) is 40.7 Å². The van der Waals surface area contributed by atoms with Crippen LogP contribution in [-0.2, 0) is 0 Å². The van der Waals surface area contributed by atoms with Gasteiger partial charge in [-0.15, -0.1) is 0 Å². The highest BCUT2D eigenvalue weighted by Crippen LogP contribution is 2.34. The Hall–Kier alpha value is -1.81. The van der Waals surface area contributed by atoms with Crippen LogP contribution in [0.2, 0.25) is 0 Å². The standard InChI is InChI=1S/C17H22N2O2/c1-12-6-8-17(11-20,9-7-12)19-15-10-13-4-2-3-5-14(13)16(21)18-15/h2-5,10,12,20H,6-9,11H2,1H3,(H2,18,19,21). The number of aromatic amines is 1. The van der Waals surface area contributed by atoms with Gasteiger partial charge in [-0.1, -0.05) is 25.1 Å². The van der Waals surface area contributed by atoms with E-state index in [-0.39, 0.29) is 17.7 Å². The minimum atomic E-state index is -0.308. The van der Waals surface area contributed by atoms with Crippen molar-refractivity contribution in [2.45, 2.75) is 38.1 Å². The van der Waals surface area contributed by atoms with Crippen LogP contribution in [-0.4, -0.2) is 22.2 Å². The zero-order chi connectivity index (χ0) is 14.9. The molecule has 0 spiro atoms. The van der Waals surface area contributed by atoms with Crippen LogP contribution < -0.4 is 10.9 Å². The molecule has 0 amide bonds. The molecule has 0 unspecified atom stereocenters. The number of aromatic nitrogens is 1. The van der Waals surface area contributed by atoms with Crippen LogP contribution in [0.4, 0.5) is 5.82 Å². The summed E-state index contributed by atoms with van der Waals surface area (Å²) in [7, 11) is 0. The third-order valence-corrected chi connectivity index (χ3v) is 4.69. The molecular weight excluding hydrogens is 264 g/mol. The summed E-state index contributed by atoms with van der Waals surface area (Å²) in [6.07, 6.45) is 4.07. The van der Waals surface area contributed by atoms with Gasteiger partial charge in [0.25, 0.3) is 5.56 Å². The Morgan fingerprint density at radius 1 is 1.33 bits per heavy atom. The second kappa shape index (κ2) is 5.53. The van der Waals surface area contributed by atoms with Gasteiger partial charge in [-0.3, -0.25) is 4.79 Å². The molecule has 0 radical (unpaired) electrons. The summed E-state index contributed by atoms with van der Waals surface area (Å²) in [5, 5.41) is 14.8. The molecule has 0 bridgehead atoms. The maximum absolute atomic E-state index is 12.1. The van der Waals surface area contributed by atoms with Crippen LogP contribution in [0.25, 0.3) is 10.8 Å². The molecule has 0 saturated heterocycles. The lowest BCUT2D eigenvalue weighted by Crippen LogP contribution is -2.45. The number of aliphatic hydroxyl groups is 1. The van der Waals surface area contributed by atoms with Gasteiger partial charge in [0, 0.05) is 5.39 Å². The molecular formula is C17H22N2O2. The van der Waals surface area contributed by atoms with Crippen molar-refractivity contribution < 1.29 is 5.11 Å². The Labute approximate surface area is 124 Å². The number of pyridine rings is 1. The lowest BCUT2D eigenvalue weighted by molar-refractivity contribution is 0.155. The first-order valence-corrected chi connectivity index (χ1v) is 7.63. The Bertz CT molecular complexity index is 684. The van der Waals surface area contributed by atoms with Gasteiger partial charge in [0.05, 0.1) is 12.1 Å². The van der Waals surface area contributed by atoms with Crippen molar-refractivity contribution in [1.82, 2.24) is 4.98 Å². The van der Waals surface area contributed by atoms with E-state index in [4.69, 9.17) is 0 Å². The topological polar surface area (TPSA) is 65.1 Å². The summed E-state index contributed by atoms with van der Waals surface area (Å²) < 4.78 is 0. The number of nitrogens with one attached hydrogen (secondary N) is 2. The lowest BCUT2D eigenvalue weighted by atomic mass is 9.77. The van der Waals surface area contributed by atoms with E-state index in [9.17, 15) is 9.90 Å². The highest BCUT2D eigenvalue weighted by atomic mass is 16.3. The lowest BCUT2D eigenvalue weighted by Gasteiger charge is -2.39. The fraction of sp³-hybridized carbons (Fsp3) is 0.471. The van der Waals surface area contributed by atoms with Crippen LogP contribution in [0.3, 0.4) is 0 Å². The highest BCUT2D eigenvalue weighted by Gasteiger charge is 2.33. The molecule has 1 aliphatic rings. The SMILES string of the molecule is CC1CCC(CO)(Nc2cc3ccccc3c(=O)[nH]2)CC1. The molecule has 1 fully saturated rings. The van der Waals surface area contributed by atoms with Crippen molar-refractivity contribution in [3.8, 4) is 0 Å². The van der Waals surface area contributed by atoms with Gasteiger partial charge < -0.3 is 15.4 Å². The number of hydrogen-bond acceptors (Lipinski definition) is 3. The predicted molar refractivity (Wildman–Crippen MR) is 85.6 cm³/mol. The first-order valence-electron chi connectivity index (χ1n) is 7.63. The maximum atomic E-state index is 12.1. The minimum Gasteiger partial charge on any atom is -0.394 e. The van der Waals surface area contributed by atoms with E-state index in [2.05, 4.69) is 17.2 Å². The van der Waals surface area contributed by atoms with Crippen LogP contribution in [0.1, 0.15) is 32.6 Å². The monoisotopic (exact) mass is 286 g/mol. The highest BCUT2D eigenvalue weighted by molar-refractivity contribution is 5.83. The van der Waals surface area contributed by atoms with E-state index in [0.29, 0.717) is 17.1 Å². The number of rotatable bonds is 3. The number of hydrogen-bond donors (Lipinski definition) is 3. The van der Waals surface area contributed by atoms with Gasteiger partial charge in [-0.05, 0) is 49.1 Å².